The third-order valence-corrected chi connectivity index (χ3v) is 4.72. The lowest BCUT2D eigenvalue weighted by Gasteiger charge is -2.32. The lowest BCUT2D eigenvalue weighted by molar-refractivity contribution is -0.146. The average molecular weight is 460 g/mol. The van der Waals surface area contributed by atoms with Crippen LogP contribution in [0.5, 0.6) is 0 Å². The molecule has 0 bridgehead atoms. The monoisotopic (exact) mass is 460 g/mol. The predicted molar refractivity (Wildman–Crippen MR) is 117 cm³/mol. The summed E-state index contributed by atoms with van der Waals surface area (Å²) in [5.41, 5.74) is 11.1. The van der Waals surface area contributed by atoms with Crippen LogP contribution < -0.4 is 16.4 Å². The molecule has 1 aromatic carbocycles. The molecule has 1 saturated heterocycles. The Kier molecular flexibility index (Phi) is 8.08. The summed E-state index contributed by atoms with van der Waals surface area (Å²) in [5.74, 6) is -0.898. The minimum absolute atomic E-state index is 0.144. The molecule has 1 atom stereocenters. The van der Waals surface area contributed by atoms with E-state index in [2.05, 4.69) is 15.0 Å². The molecule has 1 aliphatic heterocycles. The normalized spacial score (nSPS) is 15.6. The van der Waals surface area contributed by atoms with Gasteiger partial charge in [-0.1, -0.05) is 18.2 Å². The maximum Gasteiger partial charge on any atom is 0.437 e. The Bertz CT molecular complexity index is 1010. The van der Waals surface area contributed by atoms with Crippen molar-refractivity contribution in [2.75, 3.05) is 31.2 Å². The number of benzene rings is 1. The van der Waals surface area contributed by atoms with E-state index in [-0.39, 0.29) is 36.2 Å². The van der Waals surface area contributed by atoms with Crippen LogP contribution in [-0.2, 0) is 25.6 Å². The molecule has 3 rings (SSSR count). The first-order valence-electron chi connectivity index (χ1n) is 10.3. The van der Waals surface area contributed by atoms with Crippen molar-refractivity contribution in [2.24, 2.45) is 16.5 Å². The van der Waals surface area contributed by atoms with Crippen molar-refractivity contribution in [1.82, 2.24) is 9.97 Å². The van der Waals surface area contributed by atoms with Crippen LogP contribution in [0.4, 0.5) is 15.1 Å². The third kappa shape index (κ3) is 6.59. The second kappa shape index (κ2) is 11.2. The van der Waals surface area contributed by atoms with E-state index in [9.17, 15) is 14.0 Å². The van der Waals surface area contributed by atoms with Gasteiger partial charge in [0.15, 0.2) is 5.96 Å². The maximum absolute atomic E-state index is 15.0. The van der Waals surface area contributed by atoms with Crippen LogP contribution in [0.25, 0.3) is 11.1 Å². The molecule has 0 spiro atoms. The smallest absolute Gasteiger partial charge is 0.437 e. The van der Waals surface area contributed by atoms with Gasteiger partial charge in [0, 0.05) is 42.2 Å². The Hall–Kier alpha value is -3.80. The number of guanidine groups is 1. The summed E-state index contributed by atoms with van der Waals surface area (Å²) >= 11 is 0. The Balaban J connectivity index is 1.68. The van der Waals surface area contributed by atoms with Crippen molar-refractivity contribution in [3.63, 3.8) is 0 Å². The molecule has 2 aromatic rings. The van der Waals surface area contributed by atoms with Crippen molar-refractivity contribution in [2.45, 2.75) is 26.1 Å². The van der Waals surface area contributed by atoms with Gasteiger partial charge in [0.1, 0.15) is 12.4 Å². The molecule has 176 valence electrons. The number of ether oxygens (including phenoxy) is 3. The van der Waals surface area contributed by atoms with E-state index in [1.807, 2.05) is 4.90 Å². The van der Waals surface area contributed by atoms with Gasteiger partial charge in [-0.05, 0) is 6.92 Å². The molecule has 1 aromatic heterocycles. The number of aliphatic imine (C=N–C) groups is 1. The molecule has 0 radical (unpaired) electrons. The number of nitrogens with zero attached hydrogens (tertiary/aromatic N) is 4. The highest BCUT2D eigenvalue weighted by molar-refractivity contribution is 5.87. The van der Waals surface area contributed by atoms with Gasteiger partial charge in [-0.3, -0.25) is 4.79 Å². The molecule has 11 nitrogen and oxygen atoms in total. The zero-order valence-corrected chi connectivity index (χ0v) is 18.1. The lowest BCUT2D eigenvalue weighted by Crippen LogP contribution is -2.44. The second-order valence-corrected chi connectivity index (χ2v) is 7.09. The number of morpholine rings is 1. The second-order valence-electron chi connectivity index (χ2n) is 7.09. The summed E-state index contributed by atoms with van der Waals surface area (Å²) in [6.07, 6.45) is 1.82. The van der Waals surface area contributed by atoms with E-state index < -0.39 is 17.9 Å². The van der Waals surface area contributed by atoms with E-state index in [1.165, 1.54) is 18.5 Å². The van der Waals surface area contributed by atoms with Crippen molar-refractivity contribution < 1.29 is 28.2 Å². The molecule has 1 aliphatic rings. The van der Waals surface area contributed by atoms with E-state index in [1.54, 1.807) is 19.1 Å². The molecule has 1 fully saturated rings. The summed E-state index contributed by atoms with van der Waals surface area (Å²) < 4.78 is 30.4. The topological polar surface area (TPSA) is 155 Å². The predicted octanol–water partition coefficient (Wildman–Crippen LogP) is 1.35. The summed E-state index contributed by atoms with van der Waals surface area (Å²) in [6.45, 7) is 3.14. The van der Waals surface area contributed by atoms with E-state index in [4.69, 9.17) is 25.7 Å². The number of hydrogen-bond donors (Lipinski definition) is 2. The maximum atomic E-state index is 15.0. The zero-order chi connectivity index (χ0) is 23.8. The van der Waals surface area contributed by atoms with Crippen LogP contribution in [0.1, 0.15) is 18.9 Å². The fourth-order valence-corrected chi connectivity index (χ4v) is 3.25. The highest BCUT2D eigenvalue weighted by atomic mass is 19.1. The van der Waals surface area contributed by atoms with Crippen LogP contribution in [0.3, 0.4) is 0 Å². The first-order valence-corrected chi connectivity index (χ1v) is 10.3. The first kappa shape index (κ1) is 23.9. The number of amides is 1. The standard InChI is InChI=1S/C21H25FN6O5/c1-2-31-17(29)8-15-11-28(6-7-32-15)20-25-9-14(10-26-20)16-5-3-4-13(18(16)22)12-33-21(30)27-19(23)24/h3-5,9-10,15H,2,6-8,11-12H2,1H3,(H4,23,24,27,30). The van der Waals surface area contributed by atoms with Crippen LogP contribution in [0.2, 0.25) is 0 Å². The Morgan fingerprint density at radius 1 is 1.27 bits per heavy atom. The van der Waals surface area contributed by atoms with Gasteiger partial charge >= 0.3 is 12.1 Å². The minimum atomic E-state index is -1.01. The number of nitrogens with two attached hydrogens (primary N) is 2. The van der Waals surface area contributed by atoms with Gasteiger partial charge < -0.3 is 30.6 Å². The number of rotatable bonds is 7. The fraction of sp³-hybridized carbons (Fsp3) is 0.381. The number of hydrogen-bond acceptors (Lipinski definition) is 8. The largest absolute Gasteiger partial charge is 0.466 e. The van der Waals surface area contributed by atoms with Gasteiger partial charge in [0.25, 0.3) is 0 Å². The molecule has 0 saturated carbocycles. The minimum Gasteiger partial charge on any atom is -0.466 e. The molecule has 12 heteroatoms. The molecule has 1 unspecified atom stereocenters. The van der Waals surface area contributed by atoms with Crippen LogP contribution >= 0.6 is 0 Å². The highest BCUT2D eigenvalue weighted by Crippen LogP contribution is 2.26. The Morgan fingerprint density at radius 3 is 2.73 bits per heavy atom. The van der Waals surface area contributed by atoms with E-state index >= 15 is 0 Å². The molecule has 2 heterocycles. The summed E-state index contributed by atoms with van der Waals surface area (Å²) in [4.78, 5) is 37.0. The number of anilines is 1. The number of carbonyl (C=O) groups is 2. The van der Waals surface area contributed by atoms with Crippen LogP contribution in [0, 0.1) is 5.82 Å². The summed E-state index contributed by atoms with van der Waals surface area (Å²) in [7, 11) is 0. The van der Waals surface area contributed by atoms with Crippen LogP contribution in [-0.4, -0.2) is 60.4 Å². The number of esters is 1. The van der Waals surface area contributed by atoms with E-state index in [0.717, 1.165) is 0 Å². The van der Waals surface area contributed by atoms with Crippen molar-refractivity contribution in [1.29, 1.82) is 0 Å². The van der Waals surface area contributed by atoms with Crippen molar-refractivity contribution >= 4 is 24.0 Å². The first-order chi connectivity index (χ1) is 15.9. The molecular formula is C21H25FN6O5. The fourth-order valence-electron chi connectivity index (χ4n) is 3.25. The van der Waals surface area contributed by atoms with E-state index in [0.29, 0.717) is 37.8 Å². The number of carbonyl (C=O) groups excluding carboxylic acids is 2. The van der Waals surface area contributed by atoms with Crippen LogP contribution in [0.15, 0.2) is 35.6 Å². The molecule has 1 amide bonds. The zero-order valence-electron chi connectivity index (χ0n) is 18.1. The lowest BCUT2D eigenvalue weighted by atomic mass is 10.1. The quantitative estimate of drug-likeness (QED) is 0.351. The molecule has 33 heavy (non-hydrogen) atoms. The average Bonchev–Trinajstić information content (AvgIpc) is 2.78. The Morgan fingerprint density at radius 2 is 2.03 bits per heavy atom. The molecular weight excluding hydrogens is 435 g/mol. The highest BCUT2D eigenvalue weighted by Gasteiger charge is 2.25. The van der Waals surface area contributed by atoms with Gasteiger partial charge in [-0.25, -0.2) is 19.2 Å². The van der Waals surface area contributed by atoms with Crippen molar-refractivity contribution in [3.8, 4) is 11.1 Å². The SMILES string of the molecule is CCOC(=O)CC1CN(c2ncc(-c3cccc(COC(=O)N=C(N)N)c3F)cn2)CCO1. The number of aromatic nitrogens is 2. The number of halogens is 1. The third-order valence-electron chi connectivity index (χ3n) is 4.72. The van der Waals surface area contributed by atoms with Crippen molar-refractivity contribution in [3.05, 3.63) is 42.0 Å². The van der Waals surface area contributed by atoms with Gasteiger partial charge in [-0.15, -0.1) is 4.99 Å². The van der Waals surface area contributed by atoms with Gasteiger partial charge in [-0.2, -0.15) is 0 Å². The molecule has 0 aliphatic carbocycles. The summed E-state index contributed by atoms with van der Waals surface area (Å²) in [6, 6.07) is 4.67. The van der Waals surface area contributed by atoms with Gasteiger partial charge in [0.2, 0.25) is 5.95 Å². The molecule has 4 N–H and O–H groups in total. The summed E-state index contributed by atoms with van der Waals surface area (Å²) in [5, 5.41) is 0. The van der Waals surface area contributed by atoms with Gasteiger partial charge in [0.05, 0.1) is 25.7 Å². The Labute approximate surface area is 189 Å².